The van der Waals surface area contributed by atoms with Gasteiger partial charge in [-0.3, -0.25) is 0 Å². The first-order valence-electron chi connectivity index (χ1n) is 4.82. The number of carboxylic acids is 1. The van der Waals surface area contributed by atoms with E-state index in [0.717, 1.165) is 12.2 Å². The van der Waals surface area contributed by atoms with Crippen LogP contribution >= 0.6 is 11.8 Å². The number of thioether (sulfide) groups is 1. The molecule has 86 valence electrons. The summed E-state index contributed by atoms with van der Waals surface area (Å²) in [4.78, 5) is 10.5. The number of carboxylic acid groups (broad SMARTS) is 1. The lowest BCUT2D eigenvalue weighted by atomic mass is 9.93. The third-order valence-corrected chi connectivity index (χ3v) is 2.98. The molecule has 1 rings (SSSR count). The molecule has 0 saturated carbocycles. The quantitative estimate of drug-likeness (QED) is 0.799. The van der Waals surface area contributed by atoms with Gasteiger partial charge >= 0.3 is 5.97 Å². The van der Waals surface area contributed by atoms with Crippen molar-refractivity contribution < 1.29 is 14.3 Å². The normalized spacial score (nSPS) is 11.1. The number of nitriles is 1. The van der Waals surface area contributed by atoms with Crippen molar-refractivity contribution in [2.75, 3.05) is 5.75 Å². The summed E-state index contributed by atoms with van der Waals surface area (Å²) in [7, 11) is 0. The van der Waals surface area contributed by atoms with Crippen molar-refractivity contribution in [3.63, 3.8) is 0 Å². The van der Waals surface area contributed by atoms with Gasteiger partial charge in [0.1, 0.15) is 0 Å². The molecule has 0 aromatic carbocycles. The maximum atomic E-state index is 10.5. The summed E-state index contributed by atoms with van der Waals surface area (Å²) in [5.41, 5.74) is -0.352. The van der Waals surface area contributed by atoms with E-state index in [4.69, 9.17) is 14.8 Å². The van der Waals surface area contributed by atoms with E-state index in [-0.39, 0.29) is 11.2 Å². The van der Waals surface area contributed by atoms with E-state index in [1.54, 1.807) is 6.07 Å². The van der Waals surface area contributed by atoms with Crippen LogP contribution < -0.4 is 0 Å². The number of hydrogen-bond donors (Lipinski definition) is 1. The van der Waals surface area contributed by atoms with Crippen LogP contribution in [0.25, 0.3) is 0 Å². The van der Waals surface area contributed by atoms with Gasteiger partial charge in [0.2, 0.25) is 5.76 Å². The van der Waals surface area contributed by atoms with Gasteiger partial charge in [-0.1, -0.05) is 11.8 Å². The highest BCUT2D eigenvalue weighted by Gasteiger charge is 2.17. The predicted octanol–water partition coefficient (Wildman–Crippen LogP) is 3.01. The highest BCUT2D eigenvalue weighted by atomic mass is 32.2. The molecule has 1 aromatic heterocycles. The van der Waals surface area contributed by atoms with E-state index < -0.39 is 5.97 Å². The van der Waals surface area contributed by atoms with Crippen LogP contribution in [-0.4, -0.2) is 16.8 Å². The third-order valence-electron chi connectivity index (χ3n) is 2.07. The molecule has 0 radical (unpaired) electrons. The van der Waals surface area contributed by atoms with Gasteiger partial charge < -0.3 is 9.52 Å². The van der Waals surface area contributed by atoms with Gasteiger partial charge in [-0.05, 0) is 32.4 Å². The molecule has 5 heteroatoms. The molecule has 16 heavy (non-hydrogen) atoms. The Morgan fingerprint density at radius 3 is 2.81 bits per heavy atom. The van der Waals surface area contributed by atoms with Crippen molar-refractivity contribution in [3.05, 3.63) is 17.9 Å². The lowest BCUT2D eigenvalue weighted by molar-refractivity contribution is 0.0656. The minimum Gasteiger partial charge on any atom is -0.475 e. The number of aromatic carboxylic acids is 1. The number of nitrogens with zero attached hydrogens (tertiary/aromatic N) is 1. The van der Waals surface area contributed by atoms with Crippen LogP contribution in [0.15, 0.2) is 21.6 Å². The number of furan rings is 1. The summed E-state index contributed by atoms with van der Waals surface area (Å²) < 4.78 is 5.07. The Morgan fingerprint density at radius 2 is 2.31 bits per heavy atom. The Kier molecular flexibility index (Phi) is 4.02. The first kappa shape index (κ1) is 12.7. The summed E-state index contributed by atoms with van der Waals surface area (Å²) in [6, 6.07) is 5.28. The molecule has 1 aromatic rings. The Bertz CT molecular complexity index is 417. The lowest BCUT2D eigenvalue weighted by Crippen LogP contribution is -2.08. The Labute approximate surface area is 98.3 Å². The number of carbonyl (C=O) groups is 1. The number of hydrogen-bond acceptors (Lipinski definition) is 4. The molecule has 0 atom stereocenters. The molecule has 0 spiro atoms. The van der Waals surface area contributed by atoms with Crippen molar-refractivity contribution in [1.82, 2.24) is 0 Å². The second-order valence-electron chi connectivity index (χ2n) is 4.02. The fraction of sp³-hybridized carbons (Fsp3) is 0.455. The van der Waals surface area contributed by atoms with Crippen LogP contribution in [0, 0.1) is 16.7 Å². The maximum Gasteiger partial charge on any atom is 0.371 e. The topological polar surface area (TPSA) is 74.2 Å². The summed E-state index contributed by atoms with van der Waals surface area (Å²) in [5.74, 6) is -0.390. The highest BCUT2D eigenvalue weighted by Crippen LogP contribution is 2.27. The van der Waals surface area contributed by atoms with E-state index >= 15 is 0 Å². The van der Waals surface area contributed by atoms with E-state index in [1.165, 1.54) is 17.8 Å². The van der Waals surface area contributed by atoms with Crippen LogP contribution in [0.3, 0.4) is 0 Å². The third kappa shape index (κ3) is 3.63. The van der Waals surface area contributed by atoms with E-state index in [9.17, 15) is 4.79 Å². The monoisotopic (exact) mass is 239 g/mol. The van der Waals surface area contributed by atoms with Crippen LogP contribution in [0.5, 0.6) is 0 Å². The fourth-order valence-electron chi connectivity index (χ4n) is 0.975. The highest BCUT2D eigenvalue weighted by molar-refractivity contribution is 7.99. The Morgan fingerprint density at radius 1 is 1.62 bits per heavy atom. The summed E-state index contributed by atoms with van der Waals surface area (Å²) >= 11 is 1.42. The molecule has 0 fully saturated rings. The molecule has 0 aliphatic heterocycles. The first-order chi connectivity index (χ1) is 7.44. The van der Waals surface area contributed by atoms with Gasteiger partial charge in [-0.2, -0.15) is 5.26 Å². The molecular weight excluding hydrogens is 226 g/mol. The van der Waals surface area contributed by atoms with Crippen molar-refractivity contribution in [3.8, 4) is 6.07 Å². The van der Waals surface area contributed by atoms with Crippen LogP contribution in [0.1, 0.15) is 30.8 Å². The van der Waals surface area contributed by atoms with E-state index in [1.807, 2.05) is 13.8 Å². The van der Waals surface area contributed by atoms with Crippen LogP contribution in [0.4, 0.5) is 0 Å². The van der Waals surface area contributed by atoms with Crippen LogP contribution in [-0.2, 0) is 0 Å². The van der Waals surface area contributed by atoms with Gasteiger partial charge in [0.15, 0.2) is 5.09 Å². The zero-order valence-corrected chi connectivity index (χ0v) is 10.0. The molecule has 1 N–H and O–H groups in total. The molecule has 0 aliphatic rings. The predicted molar refractivity (Wildman–Crippen MR) is 60.4 cm³/mol. The molecule has 0 aliphatic carbocycles. The molecule has 4 nitrogen and oxygen atoms in total. The van der Waals surface area contributed by atoms with Gasteiger partial charge in [-0.25, -0.2) is 4.79 Å². The first-order valence-corrected chi connectivity index (χ1v) is 5.80. The van der Waals surface area contributed by atoms with Crippen LogP contribution in [0.2, 0.25) is 0 Å². The fourth-order valence-corrected chi connectivity index (χ4v) is 2.10. The average Bonchev–Trinajstić information content (AvgIpc) is 2.66. The Hall–Kier alpha value is -1.41. The SMILES string of the molecule is CC(C)(C#N)CCSc1ccc(C(=O)O)o1. The molecular formula is C11H13NO3S. The van der Waals surface area contributed by atoms with Gasteiger partial charge in [0, 0.05) is 5.75 Å². The molecule has 1 heterocycles. The molecule has 0 saturated heterocycles. The van der Waals surface area contributed by atoms with Gasteiger partial charge in [0.25, 0.3) is 0 Å². The smallest absolute Gasteiger partial charge is 0.371 e. The summed E-state index contributed by atoms with van der Waals surface area (Å²) in [6.07, 6.45) is 0.733. The van der Waals surface area contributed by atoms with Crippen molar-refractivity contribution >= 4 is 17.7 Å². The largest absolute Gasteiger partial charge is 0.475 e. The molecule has 0 amide bonds. The minimum absolute atomic E-state index is 0.0537. The van der Waals surface area contributed by atoms with E-state index in [2.05, 4.69) is 6.07 Å². The Balaban J connectivity index is 2.44. The molecule has 0 unspecified atom stereocenters. The van der Waals surface area contributed by atoms with Crippen molar-refractivity contribution in [2.24, 2.45) is 5.41 Å². The summed E-state index contributed by atoms with van der Waals surface area (Å²) in [6.45, 7) is 3.75. The molecule has 0 bridgehead atoms. The standard InChI is InChI=1S/C11H13NO3S/c1-11(2,7-12)5-6-16-9-4-3-8(15-9)10(13)14/h3-4H,5-6H2,1-2H3,(H,13,14). The van der Waals surface area contributed by atoms with Crippen molar-refractivity contribution in [2.45, 2.75) is 25.4 Å². The average molecular weight is 239 g/mol. The second kappa shape index (κ2) is 5.08. The van der Waals surface area contributed by atoms with Gasteiger partial charge in [0.05, 0.1) is 11.5 Å². The van der Waals surface area contributed by atoms with Gasteiger partial charge in [-0.15, -0.1) is 0 Å². The zero-order chi connectivity index (χ0) is 12.2. The zero-order valence-electron chi connectivity index (χ0n) is 9.19. The van der Waals surface area contributed by atoms with E-state index in [0.29, 0.717) is 5.09 Å². The lowest BCUT2D eigenvalue weighted by Gasteiger charge is -2.13. The number of rotatable bonds is 5. The van der Waals surface area contributed by atoms with Crippen molar-refractivity contribution in [1.29, 1.82) is 5.26 Å². The maximum absolute atomic E-state index is 10.5. The minimum atomic E-state index is -1.07. The second-order valence-corrected chi connectivity index (χ2v) is 5.12. The summed E-state index contributed by atoms with van der Waals surface area (Å²) in [5, 5.41) is 18.0.